The van der Waals surface area contributed by atoms with Crippen LogP contribution in [0.3, 0.4) is 0 Å². The van der Waals surface area contributed by atoms with E-state index in [9.17, 15) is 17.9 Å². The lowest BCUT2D eigenvalue weighted by Gasteiger charge is -2.34. The van der Waals surface area contributed by atoms with Gasteiger partial charge in [0, 0.05) is 24.9 Å². The minimum Gasteiger partial charge on any atom is -0.355 e. The Labute approximate surface area is 177 Å². The molecule has 0 radical (unpaired) electrons. The maximum atomic E-state index is 12.4. The fourth-order valence-corrected chi connectivity index (χ4v) is 5.17. The second-order valence-electron chi connectivity index (χ2n) is 7.91. The number of imidazole rings is 1. The number of hydrogen-bond donors (Lipinski definition) is 0. The van der Waals surface area contributed by atoms with Crippen LogP contribution in [0.4, 0.5) is 5.82 Å². The number of aromatic nitrogens is 2. The third kappa shape index (κ3) is 4.17. The van der Waals surface area contributed by atoms with Crippen LogP contribution < -0.4 is 4.90 Å². The zero-order valence-corrected chi connectivity index (χ0v) is 19.0. The maximum absolute atomic E-state index is 12.4. The van der Waals surface area contributed by atoms with Crippen molar-refractivity contribution in [2.75, 3.05) is 23.7 Å². The number of sulfone groups is 1. The van der Waals surface area contributed by atoms with Crippen molar-refractivity contribution in [2.45, 2.75) is 37.7 Å². The predicted octanol–water partition coefficient (Wildman–Crippen LogP) is 2.36. The molecule has 2 unspecified atom stereocenters. The average Bonchev–Trinajstić information content (AvgIpc) is 3.06. The molecular weight excluding hydrogens is 434 g/mol. The molecule has 0 saturated carbocycles. The van der Waals surface area contributed by atoms with E-state index >= 15 is 0 Å². The van der Waals surface area contributed by atoms with E-state index in [0.717, 1.165) is 0 Å². The normalized spacial score (nSPS) is 20.8. The van der Waals surface area contributed by atoms with E-state index in [-0.39, 0.29) is 24.5 Å². The van der Waals surface area contributed by atoms with Gasteiger partial charge in [-0.25, -0.2) is 17.6 Å². The van der Waals surface area contributed by atoms with Crippen LogP contribution in [0.1, 0.15) is 39.0 Å². The molecule has 1 aliphatic rings. The molecule has 0 amide bonds. The van der Waals surface area contributed by atoms with Crippen molar-refractivity contribution in [1.82, 2.24) is 9.38 Å². The first kappa shape index (κ1) is 21.7. The van der Waals surface area contributed by atoms with Crippen molar-refractivity contribution in [3.63, 3.8) is 0 Å². The summed E-state index contributed by atoms with van der Waals surface area (Å²) in [4.78, 5) is 6.04. The Balaban J connectivity index is 2.18. The summed E-state index contributed by atoms with van der Waals surface area (Å²) < 4.78 is 42.0. The molecule has 3 heterocycles. The van der Waals surface area contributed by atoms with Gasteiger partial charge in [0.2, 0.25) is 0 Å². The molecule has 3 rings (SSSR count). The molecule has 1 saturated heterocycles. The fraction of sp³-hybridized carbons (Fsp3) is 0.500. The first-order valence-electron chi connectivity index (χ1n) is 8.98. The second kappa shape index (κ2) is 7.70. The Morgan fingerprint density at radius 2 is 2.14 bits per heavy atom. The van der Waals surface area contributed by atoms with Gasteiger partial charge in [0.05, 0.1) is 20.8 Å². The highest BCUT2D eigenvalue weighted by Gasteiger charge is 2.32. The number of anilines is 1. The number of nitriles is 1. The van der Waals surface area contributed by atoms with E-state index in [0.29, 0.717) is 21.9 Å². The van der Waals surface area contributed by atoms with Gasteiger partial charge in [-0.1, -0.05) is 11.6 Å². The first-order valence-corrected chi connectivity index (χ1v) is 12.2. The molecule has 156 valence electrons. The largest absolute Gasteiger partial charge is 0.355 e. The van der Waals surface area contributed by atoms with Crippen LogP contribution in [0.2, 0.25) is 5.02 Å². The third-order valence-electron chi connectivity index (χ3n) is 4.72. The van der Waals surface area contributed by atoms with Crippen LogP contribution in [-0.4, -0.2) is 57.1 Å². The summed E-state index contributed by atoms with van der Waals surface area (Å²) in [6.45, 7) is 7.71. The Hall–Kier alpha value is -1.96. The SMILES string of the molecule is CC1CN(c2c(/C=N/S(=O)C(C)(C)C)cc(Cl)c3c(C#N)ncn23)CCS1(=O)=O. The third-order valence-corrected chi connectivity index (χ3v) is 8.47. The number of rotatable bonds is 3. The molecule has 0 aliphatic carbocycles. The number of pyridine rings is 1. The van der Waals surface area contributed by atoms with Gasteiger partial charge < -0.3 is 4.90 Å². The van der Waals surface area contributed by atoms with E-state index in [1.807, 2.05) is 31.7 Å². The van der Waals surface area contributed by atoms with E-state index < -0.39 is 30.8 Å². The quantitative estimate of drug-likeness (QED) is 0.657. The molecule has 1 fully saturated rings. The molecule has 29 heavy (non-hydrogen) atoms. The van der Waals surface area contributed by atoms with Gasteiger partial charge in [0.15, 0.2) is 15.5 Å². The highest BCUT2D eigenvalue weighted by Crippen LogP contribution is 2.31. The van der Waals surface area contributed by atoms with Crippen LogP contribution in [-0.2, 0) is 20.8 Å². The smallest absolute Gasteiger partial charge is 0.167 e. The Bertz CT molecular complexity index is 1160. The van der Waals surface area contributed by atoms with Crippen LogP contribution in [0.15, 0.2) is 16.8 Å². The van der Waals surface area contributed by atoms with Gasteiger partial charge in [-0.3, -0.25) is 4.40 Å². The highest BCUT2D eigenvalue weighted by molar-refractivity contribution is 7.92. The number of halogens is 1. The van der Waals surface area contributed by atoms with Gasteiger partial charge in [-0.2, -0.15) is 9.66 Å². The Morgan fingerprint density at radius 3 is 2.72 bits per heavy atom. The van der Waals surface area contributed by atoms with Gasteiger partial charge in [-0.05, 0) is 33.8 Å². The molecule has 8 nitrogen and oxygen atoms in total. The summed E-state index contributed by atoms with van der Waals surface area (Å²) in [7, 11) is -4.62. The molecule has 2 aromatic heterocycles. The fourth-order valence-electron chi connectivity index (χ4n) is 3.07. The zero-order valence-electron chi connectivity index (χ0n) is 16.6. The van der Waals surface area contributed by atoms with Crippen molar-refractivity contribution in [1.29, 1.82) is 5.26 Å². The molecule has 11 heteroatoms. The van der Waals surface area contributed by atoms with Crippen molar-refractivity contribution in [3.05, 3.63) is 28.7 Å². The number of nitrogens with zero attached hydrogens (tertiary/aromatic N) is 5. The van der Waals surface area contributed by atoms with Gasteiger partial charge in [0.1, 0.15) is 34.7 Å². The van der Waals surface area contributed by atoms with Crippen molar-refractivity contribution < 1.29 is 12.6 Å². The topological polar surface area (TPSA) is 108 Å². The summed E-state index contributed by atoms with van der Waals surface area (Å²) >= 11 is 6.41. The predicted molar refractivity (Wildman–Crippen MR) is 116 cm³/mol. The summed E-state index contributed by atoms with van der Waals surface area (Å²) in [6, 6.07) is 3.66. The highest BCUT2D eigenvalue weighted by atomic mass is 35.5. The standard InChI is InChI=1S/C18H22ClN5O3S2/c1-12-10-23(5-6-29(12,26)27)17-13(9-22-28(25)18(2,3)4)7-14(19)16-15(8-20)21-11-24(16)17/h7,9,11-12H,5-6,10H2,1-4H3/b22-9+. The minimum atomic E-state index is -3.15. The molecule has 0 N–H and O–H groups in total. The number of hydrogen-bond acceptors (Lipinski definition) is 6. The molecule has 2 atom stereocenters. The van der Waals surface area contributed by atoms with E-state index in [1.54, 1.807) is 17.4 Å². The van der Waals surface area contributed by atoms with Gasteiger partial charge in [-0.15, -0.1) is 0 Å². The lowest BCUT2D eigenvalue weighted by atomic mass is 10.2. The zero-order chi connectivity index (χ0) is 21.6. The van der Waals surface area contributed by atoms with Crippen LogP contribution in [0.5, 0.6) is 0 Å². The molecular formula is C18H22ClN5O3S2. The lowest BCUT2D eigenvalue weighted by molar-refractivity contribution is 0.568. The first-order chi connectivity index (χ1) is 13.5. The van der Waals surface area contributed by atoms with E-state index in [4.69, 9.17) is 11.6 Å². The second-order valence-corrected chi connectivity index (χ2v) is 12.8. The molecule has 0 spiro atoms. The molecule has 2 aromatic rings. The molecule has 1 aliphatic heterocycles. The van der Waals surface area contributed by atoms with Crippen molar-refractivity contribution in [2.24, 2.45) is 4.40 Å². The summed E-state index contributed by atoms with van der Waals surface area (Å²) in [5.41, 5.74) is 1.20. The maximum Gasteiger partial charge on any atom is 0.167 e. The summed E-state index contributed by atoms with van der Waals surface area (Å²) in [5, 5.41) is 9.11. The van der Waals surface area contributed by atoms with E-state index in [2.05, 4.69) is 9.38 Å². The average molecular weight is 456 g/mol. The summed E-state index contributed by atoms with van der Waals surface area (Å²) in [5.74, 6) is 0.637. The number of fused-ring (bicyclic) bond motifs is 1. The van der Waals surface area contributed by atoms with Crippen molar-refractivity contribution in [3.8, 4) is 6.07 Å². The Kier molecular flexibility index (Phi) is 5.77. The summed E-state index contributed by atoms with van der Waals surface area (Å²) in [6.07, 6.45) is 2.97. The Morgan fingerprint density at radius 1 is 1.45 bits per heavy atom. The monoisotopic (exact) mass is 455 g/mol. The van der Waals surface area contributed by atoms with E-state index in [1.165, 1.54) is 12.5 Å². The van der Waals surface area contributed by atoms with Crippen LogP contribution in [0.25, 0.3) is 5.52 Å². The van der Waals surface area contributed by atoms with Crippen LogP contribution in [0, 0.1) is 11.3 Å². The van der Waals surface area contributed by atoms with Gasteiger partial charge >= 0.3 is 0 Å². The lowest BCUT2D eigenvalue weighted by Crippen LogP contribution is -2.46. The van der Waals surface area contributed by atoms with Crippen molar-refractivity contribution >= 4 is 50.0 Å². The minimum absolute atomic E-state index is 0.0165. The van der Waals surface area contributed by atoms with Gasteiger partial charge in [0.25, 0.3) is 0 Å². The molecule has 0 bridgehead atoms. The molecule has 0 aromatic carbocycles. The van der Waals surface area contributed by atoms with Crippen LogP contribution >= 0.6 is 11.6 Å².